The summed E-state index contributed by atoms with van der Waals surface area (Å²) < 4.78 is 33.6. The first-order valence-electron chi connectivity index (χ1n) is 13.0. The minimum absolute atomic E-state index is 0.0168. The van der Waals surface area contributed by atoms with E-state index in [1.807, 2.05) is 37.3 Å². The second-order valence-electron chi connectivity index (χ2n) is 9.13. The van der Waals surface area contributed by atoms with Crippen molar-refractivity contribution >= 4 is 24.2 Å². The number of furan rings is 1. The quantitative estimate of drug-likeness (QED) is 0.0995. The van der Waals surface area contributed by atoms with Gasteiger partial charge in [0.05, 0.1) is 24.7 Å². The smallest absolute Gasteiger partial charge is 0.341 e. The fourth-order valence-electron chi connectivity index (χ4n) is 4.01. The largest absolute Gasteiger partial charge is 0.477 e. The van der Waals surface area contributed by atoms with E-state index in [9.17, 15) is 28.0 Å². The molecule has 12 heteroatoms. The van der Waals surface area contributed by atoms with Gasteiger partial charge in [-0.15, -0.1) is 0 Å². The number of amides is 3. The molecule has 3 rings (SSSR count). The fraction of sp³-hybridized carbons (Fsp3) is 0.310. The number of halogens is 2. The van der Waals surface area contributed by atoms with Crippen molar-refractivity contribution in [1.29, 1.82) is 0 Å². The summed E-state index contributed by atoms with van der Waals surface area (Å²) >= 11 is 0. The average Bonchev–Trinajstić information content (AvgIpc) is 3.45. The fourth-order valence-corrected chi connectivity index (χ4v) is 4.01. The minimum atomic E-state index is -1.78. The highest BCUT2D eigenvalue weighted by molar-refractivity contribution is 5.93. The lowest BCUT2D eigenvalue weighted by atomic mass is 10.0. The van der Waals surface area contributed by atoms with E-state index in [1.54, 1.807) is 0 Å². The van der Waals surface area contributed by atoms with Crippen LogP contribution >= 0.6 is 0 Å². The zero-order valence-corrected chi connectivity index (χ0v) is 22.4. The van der Waals surface area contributed by atoms with Crippen molar-refractivity contribution in [2.24, 2.45) is 5.92 Å². The number of carbonyl (C=O) groups excluding carboxylic acids is 3. The highest BCUT2D eigenvalue weighted by Gasteiger charge is 2.24. The molecule has 0 saturated carbocycles. The van der Waals surface area contributed by atoms with E-state index in [-0.39, 0.29) is 36.9 Å². The molecule has 0 aliphatic carbocycles. The molecule has 0 saturated heterocycles. The number of aromatic carboxylic acids is 1. The number of benzene rings is 2. The van der Waals surface area contributed by atoms with E-state index in [1.165, 1.54) is 12.1 Å². The molecule has 0 aliphatic rings. The summed E-state index contributed by atoms with van der Waals surface area (Å²) in [4.78, 5) is 53.8. The van der Waals surface area contributed by atoms with Gasteiger partial charge in [0, 0.05) is 0 Å². The molecule has 10 nitrogen and oxygen atoms in total. The molecule has 1 aromatic heterocycles. The van der Waals surface area contributed by atoms with Crippen LogP contribution < -0.4 is 10.6 Å². The van der Waals surface area contributed by atoms with E-state index < -0.39 is 40.9 Å². The third-order valence-corrected chi connectivity index (χ3v) is 6.20. The number of carboxylic acid groups (broad SMARTS) is 1. The maximum Gasteiger partial charge on any atom is 0.341 e. The van der Waals surface area contributed by atoms with Gasteiger partial charge in [-0.25, -0.2) is 18.6 Å². The van der Waals surface area contributed by atoms with Crippen LogP contribution in [-0.4, -0.2) is 47.6 Å². The third kappa shape index (κ3) is 8.70. The monoisotopic (exact) mass is 571 g/mol. The molecular formula is C29H31F2N3O7. The Morgan fingerprint density at radius 1 is 1.05 bits per heavy atom. The molecule has 0 bridgehead atoms. The Bertz CT molecular complexity index is 1350. The van der Waals surface area contributed by atoms with Crippen LogP contribution in [0.5, 0.6) is 0 Å². The predicted octanol–water partition coefficient (Wildman–Crippen LogP) is 4.51. The molecule has 1 heterocycles. The number of carbonyl (C=O) groups is 4. The zero-order chi connectivity index (χ0) is 29.8. The first-order chi connectivity index (χ1) is 19.7. The van der Waals surface area contributed by atoms with Gasteiger partial charge in [0.1, 0.15) is 23.7 Å². The first-order valence-corrected chi connectivity index (χ1v) is 13.0. The zero-order valence-electron chi connectivity index (χ0n) is 22.4. The summed E-state index contributed by atoms with van der Waals surface area (Å²) in [5.41, 5.74) is -0.611. The van der Waals surface area contributed by atoms with Gasteiger partial charge in [0.2, 0.25) is 12.3 Å². The number of hydrogen-bond acceptors (Lipinski definition) is 6. The molecule has 0 fully saturated rings. The van der Waals surface area contributed by atoms with Gasteiger partial charge in [0.15, 0.2) is 11.6 Å². The van der Waals surface area contributed by atoms with Crippen molar-refractivity contribution in [2.45, 2.75) is 39.2 Å². The van der Waals surface area contributed by atoms with Crippen LogP contribution in [-0.2, 0) is 21.0 Å². The van der Waals surface area contributed by atoms with Crippen LogP contribution in [0.25, 0.3) is 11.3 Å². The highest BCUT2D eigenvalue weighted by Crippen LogP contribution is 2.28. The van der Waals surface area contributed by atoms with Crippen LogP contribution in [0, 0.1) is 17.6 Å². The Kier molecular flexibility index (Phi) is 11.5. The highest BCUT2D eigenvalue weighted by atomic mass is 19.1. The first kappa shape index (κ1) is 31.0. The van der Waals surface area contributed by atoms with E-state index in [0.717, 1.165) is 42.0 Å². The standard InChI is InChI=1S/C29H31F2N3O7/c1-2-3-5-10-20(15-34(18-35)40-16-19-8-6-4-7-9-19)27(36)32-17-33-28(37)24-14-13-23(41-24)21-11-12-22(30)25(26(21)31)29(38)39/h4,6-9,11-14,18,20H,2-3,5,10,15-17H2,1H3,(H,32,36)(H,33,37)(H,38,39). The van der Waals surface area contributed by atoms with Crippen molar-refractivity contribution in [3.05, 3.63) is 83.1 Å². The number of nitrogens with one attached hydrogen (secondary N) is 2. The lowest BCUT2D eigenvalue weighted by Gasteiger charge is -2.23. The number of hydroxylamine groups is 2. The number of carboxylic acids is 1. The van der Waals surface area contributed by atoms with Crippen LogP contribution in [0.15, 0.2) is 59.0 Å². The van der Waals surface area contributed by atoms with Gasteiger partial charge in [0.25, 0.3) is 5.91 Å². The van der Waals surface area contributed by atoms with E-state index in [2.05, 4.69) is 10.6 Å². The normalized spacial score (nSPS) is 11.5. The Labute approximate surface area is 235 Å². The van der Waals surface area contributed by atoms with Crippen molar-refractivity contribution < 1.29 is 42.3 Å². The van der Waals surface area contributed by atoms with Crippen molar-refractivity contribution in [3.63, 3.8) is 0 Å². The summed E-state index contributed by atoms with van der Waals surface area (Å²) in [6, 6.07) is 13.5. The van der Waals surface area contributed by atoms with Gasteiger partial charge in [-0.3, -0.25) is 19.2 Å². The van der Waals surface area contributed by atoms with Crippen molar-refractivity contribution in [3.8, 4) is 11.3 Å². The van der Waals surface area contributed by atoms with Crippen molar-refractivity contribution in [1.82, 2.24) is 15.7 Å². The molecule has 41 heavy (non-hydrogen) atoms. The molecule has 3 amide bonds. The summed E-state index contributed by atoms with van der Waals surface area (Å²) in [6.07, 6.45) is 3.61. The topological polar surface area (TPSA) is 138 Å². The number of unbranched alkanes of at least 4 members (excludes halogenated alkanes) is 2. The molecule has 1 atom stereocenters. The number of rotatable bonds is 16. The van der Waals surface area contributed by atoms with Crippen molar-refractivity contribution in [2.75, 3.05) is 13.2 Å². The summed E-state index contributed by atoms with van der Waals surface area (Å²) in [5, 5.41) is 15.2. The van der Waals surface area contributed by atoms with Crippen LogP contribution in [0.4, 0.5) is 8.78 Å². The van der Waals surface area contributed by atoms with Gasteiger partial charge < -0.3 is 20.2 Å². The summed E-state index contributed by atoms with van der Waals surface area (Å²) in [7, 11) is 0. The molecule has 1 unspecified atom stereocenters. The summed E-state index contributed by atoms with van der Waals surface area (Å²) in [6.45, 7) is 1.94. The van der Waals surface area contributed by atoms with Gasteiger partial charge in [-0.05, 0) is 36.2 Å². The second-order valence-corrected chi connectivity index (χ2v) is 9.13. The van der Waals surface area contributed by atoms with E-state index in [0.29, 0.717) is 12.8 Å². The maximum atomic E-state index is 14.5. The lowest BCUT2D eigenvalue weighted by Crippen LogP contribution is -2.43. The Balaban J connectivity index is 1.58. The SMILES string of the molecule is CCCCCC(CN(C=O)OCc1ccccc1)C(=O)NCNC(=O)c1ccc(-c2ccc(F)c(C(=O)O)c2F)o1. The molecule has 3 N–H and O–H groups in total. The second kappa shape index (κ2) is 15.3. The number of hydrogen-bond donors (Lipinski definition) is 3. The van der Waals surface area contributed by atoms with Crippen LogP contribution in [0.1, 0.15) is 59.1 Å². The van der Waals surface area contributed by atoms with E-state index >= 15 is 0 Å². The molecular weight excluding hydrogens is 540 g/mol. The molecule has 0 radical (unpaired) electrons. The Hall–Kier alpha value is -4.58. The lowest BCUT2D eigenvalue weighted by molar-refractivity contribution is -0.182. The average molecular weight is 572 g/mol. The van der Waals surface area contributed by atoms with Gasteiger partial charge in [-0.1, -0.05) is 56.5 Å². The predicted molar refractivity (Wildman–Crippen MR) is 143 cm³/mol. The number of nitrogens with zero attached hydrogens (tertiary/aromatic N) is 1. The molecule has 0 aliphatic heterocycles. The van der Waals surface area contributed by atoms with Gasteiger partial charge >= 0.3 is 5.97 Å². The van der Waals surface area contributed by atoms with Gasteiger partial charge in [-0.2, -0.15) is 0 Å². The summed E-state index contributed by atoms with van der Waals surface area (Å²) in [5.74, 6) is -6.51. The molecule has 218 valence electrons. The van der Waals surface area contributed by atoms with Crippen LogP contribution in [0.3, 0.4) is 0 Å². The minimum Gasteiger partial charge on any atom is -0.477 e. The third-order valence-electron chi connectivity index (χ3n) is 6.20. The Morgan fingerprint density at radius 2 is 1.80 bits per heavy atom. The molecule has 3 aromatic rings. The van der Waals surface area contributed by atoms with E-state index in [4.69, 9.17) is 14.4 Å². The molecule has 2 aromatic carbocycles. The maximum absolute atomic E-state index is 14.5. The molecule has 0 spiro atoms. The Morgan fingerprint density at radius 3 is 2.49 bits per heavy atom. The van der Waals surface area contributed by atoms with Crippen LogP contribution in [0.2, 0.25) is 0 Å².